The zero-order valence-electron chi connectivity index (χ0n) is 27.9. The molecule has 0 bridgehead atoms. The van der Waals surface area contributed by atoms with Crippen LogP contribution in [0, 0.1) is 0 Å². The van der Waals surface area contributed by atoms with E-state index in [4.69, 9.17) is 4.74 Å². The van der Waals surface area contributed by atoms with Gasteiger partial charge in [0.05, 0.1) is 24.0 Å². The van der Waals surface area contributed by atoms with Crippen LogP contribution in [0.5, 0.6) is 11.5 Å². The molecule has 3 amide bonds. The summed E-state index contributed by atoms with van der Waals surface area (Å²) in [6, 6.07) is 28.8. The van der Waals surface area contributed by atoms with Gasteiger partial charge < -0.3 is 30.5 Å². The van der Waals surface area contributed by atoms with E-state index < -0.39 is 29.3 Å². The van der Waals surface area contributed by atoms with Crippen LogP contribution in [-0.2, 0) is 26.2 Å². The monoisotopic (exact) mass is 675 g/mol. The summed E-state index contributed by atoms with van der Waals surface area (Å²) in [5, 5.41) is 25.8. The van der Waals surface area contributed by atoms with Crippen LogP contribution in [0.2, 0.25) is 0 Å². The van der Waals surface area contributed by atoms with Crippen molar-refractivity contribution in [3.8, 4) is 11.5 Å². The molecular formula is C40H41N3O7. The highest BCUT2D eigenvalue weighted by Gasteiger charge is 2.49. The number of phenols is 1. The molecule has 1 saturated heterocycles. The first-order valence-electron chi connectivity index (χ1n) is 16.9. The second kappa shape index (κ2) is 14.9. The average molecular weight is 676 g/mol. The minimum Gasteiger partial charge on any atom is -0.508 e. The second-order valence-electron chi connectivity index (χ2n) is 13.0. The Morgan fingerprint density at radius 2 is 1.52 bits per heavy atom. The molecule has 0 unspecified atom stereocenters. The van der Waals surface area contributed by atoms with E-state index in [-0.39, 0.29) is 30.0 Å². The molecule has 1 aliphatic heterocycles. The molecule has 50 heavy (non-hydrogen) atoms. The Balaban J connectivity index is 1.22. The topological polar surface area (TPSA) is 145 Å². The van der Waals surface area contributed by atoms with Crippen molar-refractivity contribution < 1.29 is 34.1 Å². The number of carboxylic acids is 1. The number of phenolic OH excluding ortho intramolecular Hbond substituents is 1. The maximum Gasteiger partial charge on any atom is 0.326 e. The lowest BCUT2D eigenvalue weighted by Gasteiger charge is -2.43. The van der Waals surface area contributed by atoms with E-state index in [1.165, 1.54) is 19.2 Å². The van der Waals surface area contributed by atoms with Crippen LogP contribution in [0.1, 0.15) is 64.2 Å². The minimum atomic E-state index is -1.23. The number of para-hydroxylation sites is 1. The summed E-state index contributed by atoms with van der Waals surface area (Å²) in [5.41, 5.74) is 2.04. The van der Waals surface area contributed by atoms with Crippen LogP contribution in [0.15, 0.2) is 103 Å². The van der Waals surface area contributed by atoms with Gasteiger partial charge in [0.1, 0.15) is 17.5 Å². The molecule has 1 heterocycles. The first kappa shape index (κ1) is 34.2. The van der Waals surface area contributed by atoms with E-state index in [9.17, 15) is 29.4 Å². The molecule has 0 spiro atoms. The second-order valence-corrected chi connectivity index (χ2v) is 13.0. The molecule has 3 atom stereocenters. The Hall–Kier alpha value is -5.64. The number of nitrogens with zero attached hydrogens (tertiary/aromatic N) is 1. The van der Waals surface area contributed by atoms with Gasteiger partial charge in [-0.2, -0.15) is 0 Å². The van der Waals surface area contributed by atoms with Crippen molar-refractivity contribution in [1.29, 1.82) is 0 Å². The van der Waals surface area contributed by atoms with E-state index in [1.807, 2.05) is 65.6 Å². The predicted molar refractivity (Wildman–Crippen MR) is 187 cm³/mol. The molecule has 10 heteroatoms. The minimum absolute atomic E-state index is 0.0234. The summed E-state index contributed by atoms with van der Waals surface area (Å²) in [6.07, 6.45) is 1.93. The van der Waals surface area contributed by atoms with Gasteiger partial charge in [0.2, 0.25) is 11.8 Å². The van der Waals surface area contributed by atoms with E-state index in [1.54, 1.807) is 30.3 Å². The number of methoxy groups -OCH3 is 1. The zero-order chi connectivity index (χ0) is 35.3. The van der Waals surface area contributed by atoms with Gasteiger partial charge in [0, 0.05) is 25.6 Å². The molecule has 10 nitrogen and oxygen atoms in total. The molecule has 2 aliphatic rings. The number of piperidine rings is 1. The number of aliphatic carboxylic acids is 1. The van der Waals surface area contributed by atoms with Gasteiger partial charge in [-0.3, -0.25) is 14.4 Å². The van der Waals surface area contributed by atoms with E-state index in [0.29, 0.717) is 61.2 Å². The Morgan fingerprint density at radius 1 is 0.860 bits per heavy atom. The predicted octanol–water partition coefficient (Wildman–Crippen LogP) is 4.80. The highest BCUT2D eigenvalue weighted by Crippen LogP contribution is 2.48. The third-order valence-corrected chi connectivity index (χ3v) is 10.0. The number of benzene rings is 4. The lowest BCUT2D eigenvalue weighted by Crippen LogP contribution is -2.54. The first-order chi connectivity index (χ1) is 24.2. The third kappa shape index (κ3) is 6.92. The fourth-order valence-corrected chi connectivity index (χ4v) is 7.40. The fourth-order valence-electron chi connectivity index (χ4n) is 7.40. The van der Waals surface area contributed by atoms with Crippen molar-refractivity contribution in [1.82, 2.24) is 15.5 Å². The van der Waals surface area contributed by atoms with E-state index >= 15 is 0 Å². The Morgan fingerprint density at radius 3 is 2.22 bits per heavy atom. The van der Waals surface area contributed by atoms with E-state index in [2.05, 4.69) is 10.6 Å². The number of amides is 3. The number of carbonyl (C=O) groups is 4. The number of rotatable bonds is 10. The standard InChI is InChI=1S/C40H41N3O7/c1-50-35-14-8-6-12-32(35)36(45)41-28-20-23-43(24-21-28)37(46)31-19-22-40(27-9-3-2-4-10-27,33-13-7-5-11-30(31)33)39(49)42-34(38(47)48)25-26-15-17-29(44)18-16-26/h2-18,28,31,34,44H,19-25H2,1H3,(H,41,45)(H,42,49)(H,47,48)/t31-,34-,40+/m0/s1. The number of ether oxygens (including phenoxy) is 1. The maximum atomic E-state index is 14.5. The molecule has 0 saturated carbocycles. The maximum absolute atomic E-state index is 14.5. The lowest BCUT2D eigenvalue weighted by molar-refractivity contribution is -0.142. The molecule has 0 radical (unpaired) electrons. The number of aromatic hydroxyl groups is 1. The molecule has 258 valence electrons. The number of nitrogens with one attached hydrogen (secondary N) is 2. The number of carboxylic acid groups (broad SMARTS) is 1. The number of hydrogen-bond donors (Lipinski definition) is 4. The molecule has 6 rings (SSSR count). The number of likely N-dealkylation sites (tertiary alicyclic amines) is 1. The Labute approximate surface area is 291 Å². The Kier molecular flexibility index (Phi) is 10.2. The summed E-state index contributed by atoms with van der Waals surface area (Å²) in [4.78, 5) is 56.0. The molecule has 4 aromatic carbocycles. The fraction of sp³-hybridized carbons (Fsp3) is 0.300. The van der Waals surface area contributed by atoms with Gasteiger partial charge >= 0.3 is 5.97 Å². The molecule has 4 aromatic rings. The van der Waals surface area contributed by atoms with Crippen molar-refractivity contribution in [3.05, 3.63) is 131 Å². The van der Waals surface area contributed by atoms with Gasteiger partial charge in [0.15, 0.2) is 0 Å². The Bertz CT molecular complexity index is 1850. The summed E-state index contributed by atoms with van der Waals surface area (Å²) in [7, 11) is 1.53. The van der Waals surface area contributed by atoms with Crippen molar-refractivity contribution in [2.75, 3.05) is 20.2 Å². The van der Waals surface area contributed by atoms with Crippen molar-refractivity contribution in [2.45, 2.75) is 55.5 Å². The highest BCUT2D eigenvalue weighted by molar-refractivity contribution is 5.98. The van der Waals surface area contributed by atoms with E-state index in [0.717, 1.165) is 11.1 Å². The van der Waals surface area contributed by atoms with Gasteiger partial charge in [-0.1, -0.05) is 78.9 Å². The normalized spacial score (nSPS) is 19.5. The number of carbonyl (C=O) groups excluding carboxylic acids is 3. The molecule has 1 fully saturated rings. The van der Waals surface area contributed by atoms with Crippen LogP contribution in [0.25, 0.3) is 0 Å². The third-order valence-electron chi connectivity index (χ3n) is 10.0. The largest absolute Gasteiger partial charge is 0.508 e. The van der Waals surface area contributed by atoms with Crippen LogP contribution in [0.3, 0.4) is 0 Å². The van der Waals surface area contributed by atoms with Gasteiger partial charge in [-0.25, -0.2) is 4.79 Å². The SMILES string of the molecule is COc1ccccc1C(=O)NC1CCN(C(=O)[C@H]2CC[C@@](C(=O)N[C@@H](Cc3ccc(O)cc3)C(=O)O)(c3ccccc3)c3ccccc32)CC1. The first-order valence-corrected chi connectivity index (χ1v) is 16.9. The average Bonchev–Trinajstić information content (AvgIpc) is 3.15. The molecule has 4 N–H and O–H groups in total. The van der Waals surface area contributed by atoms with Crippen LogP contribution >= 0.6 is 0 Å². The molecule has 0 aromatic heterocycles. The van der Waals surface area contributed by atoms with Crippen LogP contribution < -0.4 is 15.4 Å². The lowest BCUT2D eigenvalue weighted by atomic mass is 9.62. The highest BCUT2D eigenvalue weighted by atomic mass is 16.5. The number of fused-ring (bicyclic) bond motifs is 1. The van der Waals surface area contributed by atoms with Crippen molar-refractivity contribution >= 4 is 23.7 Å². The van der Waals surface area contributed by atoms with Crippen LogP contribution in [-0.4, -0.2) is 71.1 Å². The summed E-state index contributed by atoms with van der Waals surface area (Å²) >= 11 is 0. The van der Waals surface area contributed by atoms with Crippen LogP contribution in [0.4, 0.5) is 0 Å². The number of hydrogen-bond acceptors (Lipinski definition) is 6. The molecule has 1 aliphatic carbocycles. The smallest absolute Gasteiger partial charge is 0.326 e. The van der Waals surface area contributed by atoms with Gasteiger partial charge in [-0.15, -0.1) is 0 Å². The zero-order valence-corrected chi connectivity index (χ0v) is 27.9. The summed E-state index contributed by atoms with van der Waals surface area (Å²) in [6.45, 7) is 0.965. The molecular weight excluding hydrogens is 634 g/mol. The summed E-state index contributed by atoms with van der Waals surface area (Å²) in [5.74, 6) is -1.76. The summed E-state index contributed by atoms with van der Waals surface area (Å²) < 4.78 is 5.34. The van der Waals surface area contributed by atoms with Gasteiger partial charge in [-0.05, 0) is 72.2 Å². The van der Waals surface area contributed by atoms with Gasteiger partial charge in [0.25, 0.3) is 5.91 Å². The van der Waals surface area contributed by atoms with Crippen molar-refractivity contribution in [3.63, 3.8) is 0 Å². The quantitative estimate of drug-likeness (QED) is 0.189. The van der Waals surface area contributed by atoms with Crippen molar-refractivity contribution in [2.24, 2.45) is 0 Å².